The average molecular weight is 271 g/mol. The summed E-state index contributed by atoms with van der Waals surface area (Å²) < 4.78 is 26.9. The van der Waals surface area contributed by atoms with Gasteiger partial charge < -0.3 is 0 Å². The van der Waals surface area contributed by atoms with Gasteiger partial charge in [-0.25, -0.2) is 8.42 Å². The smallest absolute Gasteiger partial charge is 0.236 e. The Morgan fingerprint density at radius 2 is 2.00 bits per heavy atom. The van der Waals surface area contributed by atoms with E-state index in [-0.39, 0.29) is 5.25 Å². The predicted octanol–water partition coefficient (Wildman–Crippen LogP) is 2.61. The van der Waals surface area contributed by atoms with Crippen LogP contribution in [-0.4, -0.2) is 23.9 Å². The summed E-state index contributed by atoms with van der Waals surface area (Å²) in [6.07, 6.45) is 4.67. The molecule has 0 spiro atoms. The summed E-state index contributed by atoms with van der Waals surface area (Å²) in [5.74, 6) is 0.717. The lowest BCUT2D eigenvalue weighted by Crippen LogP contribution is -2.29. The second kappa shape index (κ2) is 5.30. The summed E-state index contributed by atoms with van der Waals surface area (Å²) >= 11 is 0. The summed E-state index contributed by atoms with van der Waals surface area (Å²) in [5.41, 5.74) is 0.941. The van der Waals surface area contributed by atoms with Crippen molar-refractivity contribution in [3.8, 4) is 0 Å². The molecule has 1 aromatic heterocycles. The van der Waals surface area contributed by atoms with Crippen LogP contribution in [0.5, 0.6) is 0 Å². The number of rotatable bonds is 4. The molecular weight excluding hydrogens is 250 g/mol. The van der Waals surface area contributed by atoms with Crippen LogP contribution in [0.15, 0.2) is 6.07 Å². The van der Waals surface area contributed by atoms with Crippen LogP contribution in [-0.2, 0) is 10.0 Å². The molecule has 0 atom stereocenters. The minimum atomic E-state index is -3.28. The zero-order valence-corrected chi connectivity index (χ0v) is 11.8. The number of H-pyrrole nitrogens is 1. The van der Waals surface area contributed by atoms with Gasteiger partial charge in [0, 0.05) is 11.8 Å². The van der Waals surface area contributed by atoms with E-state index >= 15 is 0 Å². The molecule has 102 valence electrons. The lowest BCUT2D eigenvalue weighted by molar-refractivity contribution is 0.486. The molecule has 2 N–H and O–H groups in total. The van der Waals surface area contributed by atoms with Crippen LogP contribution in [0.1, 0.15) is 57.6 Å². The molecule has 0 amide bonds. The van der Waals surface area contributed by atoms with Gasteiger partial charge in [0.05, 0.1) is 5.25 Å². The molecule has 5 nitrogen and oxygen atoms in total. The topological polar surface area (TPSA) is 74.8 Å². The highest BCUT2D eigenvalue weighted by atomic mass is 32.2. The molecule has 0 aliphatic heterocycles. The number of aromatic nitrogens is 2. The van der Waals surface area contributed by atoms with Crippen molar-refractivity contribution in [2.75, 3.05) is 4.72 Å². The standard InChI is InChI=1S/C12H21N3O2S/c1-9(2)11-8-12(14-13-11)15-18(16,17)10-6-4-3-5-7-10/h8-10H,3-7H2,1-2H3,(H2,13,14,15). The fourth-order valence-corrected chi connectivity index (χ4v) is 3.81. The number of nitrogens with one attached hydrogen (secondary N) is 2. The lowest BCUT2D eigenvalue weighted by atomic mass is 10.0. The summed E-state index contributed by atoms with van der Waals surface area (Å²) in [4.78, 5) is 0. The normalized spacial score (nSPS) is 18.2. The molecule has 1 saturated carbocycles. The Morgan fingerprint density at radius 1 is 1.33 bits per heavy atom. The molecule has 1 fully saturated rings. The SMILES string of the molecule is CC(C)c1cc(NS(=O)(=O)C2CCCCC2)n[nH]1. The van der Waals surface area contributed by atoms with E-state index in [4.69, 9.17) is 0 Å². The Balaban J connectivity index is 2.06. The third-order valence-electron chi connectivity index (χ3n) is 3.46. The highest BCUT2D eigenvalue weighted by Gasteiger charge is 2.27. The Bertz CT molecular complexity index is 487. The van der Waals surface area contributed by atoms with Crippen LogP contribution in [0.2, 0.25) is 0 Å². The van der Waals surface area contributed by atoms with E-state index in [9.17, 15) is 8.42 Å². The summed E-state index contributed by atoms with van der Waals surface area (Å²) in [5, 5.41) is 6.60. The molecule has 0 aromatic carbocycles. The first-order chi connectivity index (χ1) is 8.49. The van der Waals surface area contributed by atoms with Gasteiger partial charge in [-0.1, -0.05) is 33.1 Å². The molecule has 0 saturated heterocycles. The quantitative estimate of drug-likeness (QED) is 0.884. The first kappa shape index (κ1) is 13.4. The number of nitrogens with zero attached hydrogens (tertiary/aromatic N) is 1. The Hall–Kier alpha value is -1.04. The molecule has 1 heterocycles. The molecular formula is C12H21N3O2S. The van der Waals surface area contributed by atoms with Crippen molar-refractivity contribution in [3.05, 3.63) is 11.8 Å². The van der Waals surface area contributed by atoms with Crippen LogP contribution in [0.25, 0.3) is 0 Å². The molecule has 6 heteroatoms. The van der Waals surface area contributed by atoms with Gasteiger partial charge in [-0.3, -0.25) is 9.82 Å². The average Bonchev–Trinajstić information content (AvgIpc) is 2.78. The molecule has 0 unspecified atom stereocenters. The van der Waals surface area contributed by atoms with Gasteiger partial charge in [-0.05, 0) is 18.8 Å². The van der Waals surface area contributed by atoms with Gasteiger partial charge in [0.1, 0.15) is 0 Å². The Morgan fingerprint density at radius 3 is 2.56 bits per heavy atom. The van der Waals surface area contributed by atoms with Crippen molar-refractivity contribution in [1.82, 2.24) is 10.2 Å². The van der Waals surface area contributed by atoms with E-state index in [2.05, 4.69) is 14.9 Å². The lowest BCUT2D eigenvalue weighted by Gasteiger charge is -2.21. The van der Waals surface area contributed by atoms with Crippen molar-refractivity contribution < 1.29 is 8.42 Å². The van der Waals surface area contributed by atoms with Gasteiger partial charge in [-0.2, -0.15) is 5.10 Å². The molecule has 1 aliphatic rings. The maximum absolute atomic E-state index is 12.2. The molecule has 2 rings (SSSR count). The number of aromatic amines is 1. The molecule has 0 radical (unpaired) electrons. The van der Waals surface area contributed by atoms with E-state index in [1.54, 1.807) is 6.07 Å². The monoisotopic (exact) mass is 271 g/mol. The van der Waals surface area contributed by atoms with Gasteiger partial charge in [0.15, 0.2) is 5.82 Å². The van der Waals surface area contributed by atoms with Crippen LogP contribution in [0.3, 0.4) is 0 Å². The minimum Gasteiger partial charge on any atom is -0.280 e. The largest absolute Gasteiger partial charge is 0.280 e. The fourth-order valence-electron chi connectivity index (χ4n) is 2.29. The van der Waals surface area contributed by atoms with Crippen molar-refractivity contribution in [2.45, 2.75) is 57.1 Å². The molecule has 0 bridgehead atoms. The second-order valence-electron chi connectivity index (χ2n) is 5.27. The van der Waals surface area contributed by atoms with E-state index in [1.165, 1.54) is 0 Å². The van der Waals surface area contributed by atoms with Crippen molar-refractivity contribution in [2.24, 2.45) is 0 Å². The Kier molecular flexibility index (Phi) is 3.94. The number of sulfonamides is 1. The van der Waals surface area contributed by atoms with E-state index < -0.39 is 10.0 Å². The number of hydrogen-bond acceptors (Lipinski definition) is 3. The first-order valence-corrected chi connectivity index (χ1v) is 8.10. The zero-order valence-electron chi connectivity index (χ0n) is 10.9. The highest BCUT2D eigenvalue weighted by molar-refractivity contribution is 7.93. The van der Waals surface area contributed by atoms with Crippen LogP contribution < -0.4 is 4.72 Å². The third-order valence-corrected chi connectivity index (χ3v) is 5.30. The van der Waals surface area contributed by atoms with Crippen LogP contribution >= 0.6 is 0 Å². The van der Waals surface area contributed by atoms with Crippen LogP contribution in [0, 0.1) is 0 Å². The maximum atomic E-state index is 12.2. The highest BCUT2D eigenvalue weighted by Crippen LogP contribution is 2.25. The predicted molar refractivity (Wildman–Crippen MR) is 72.1 cm³/mol. The second-order valence-corrected chi connectivity index (χ2v) is 7.23. The minimum absolute atomic E-state index is 0.259. The van der Waals surface area contributed by atoms with Crippen LogP contribution in [0.4, 0.5) is 5.82 Å². The molecule has 1 aromatic rings. The summed E-state index contributed by atoms with van der Waals surface area (Å²) in [7, 11) is -3.28. The van der Waals surface area contributed by atoms with Gasteiger partial charge in [-0.15, -0.1) is 0 Å². The van der Waals surface area contributed by atoms with Crippen molar-refractivity contribution >= 4 is 15.8 Å². The maximum Gasteiger partial charge on any atom is 0.236 e. The van der Waals surface area contributed by atoms with Gasteiger partial charge in [0.2, 0.25) is 10.0 Å². The first-order valence-electron chi connectivity index (χ1n) is 6.56. The van der Waals surface area contributed by atoms with Crippen molar-refractivity contribution in [1.29, 1.82) is 0 Å². The summed E-state index contributed by atoms with van der Waals surface area (Å²) in [6.45, 7) is 4.07. The summed E-state index contributed by atoms with van der Waals surface area (Å²) in [6, 6.07) is 1.77. The van der Waals surface area contributed by atoms with Gasteiger partial charge in [0.25, 0.3) is 0 Å². The number of hydrogen-bond donors (Lipinski definition) is 2. The number of anilines is 1. The third kappa shape index (κ3) is 3.04. The van der Waals surface area contributed by atoms with E-state index in [0.717, 1.165) is 37.8 Å². The van der Waals surface area contributed by atoms with Gasteiger partial charge >= 0.3 is 0 Å². The molecule has 18 heavy (non-hydrogen) atoms. The molecule has 1 aliphatic carbocycles. The Labute approximate surface area is 108 Å². The zero-order chi connectivity index (χ0) is 13.2. The fraction of sp³-hybridized carbons (Fsp3) is 0.750. The van der Waals surface area contributed by atoms with E-state index in [1.807, 2.05) is 13.8 Å². The van der Waals surface area contributed by atoms with E-state index in [0.29, 0.717) is 11.7 Å². The van der Waals surface area contributed by atoms with Crippen molar-refractivity contribution in [3.63, 3.8) is 0 Å².